The number of aliphatic hydroxyl groups excluding tert-OH is 1. The first kappa shape index (κ1) is 23.8. The number of carbonyl (C=O) groups excluding carboxylic acids is 3. The van der Waals surface area contributed by atoms with Gasteiger partial charge in [0.25, 0.3) is 0 Å². The summed E-state index contributed by atoms with van der Waals surface area (Å²) < 4.78 is 15.1. The number of aliphatic hydroxyl groups is 1. The van der Waals surface area contributed by atoms with Crippen LogP contribution in [0.5, 0.6) is 0 Å². The highest BCUT2D eigenvalue weighted by Gasteiger charge is 2.35. The molecule has 0 amide bonds. The molecule has 8 heteroatoms. The molecule has 0 rings (SSSR count). The maximum absolute atomic E-state index is 12.0. The summed E-state index contributed by atoms with van der Waals surface area (Å²) in [4.78, 5) is 36.6. The van der Waals surface area contributed by atoms with Gasteiger partial charge < -0.3 is 24.2 Å². The summed E-state index contributed by atoms with van der Waals surface area (Å²) in [6.07, 6.45) is 2.12. The molecule has 0 bridgehead atoms. The van der Waals surface area contributed by atoms with Crippen LogP contribution in [0.1, 0.15) is 20.3 Å². The smallest absolute Gasteiger partial charge is 0.330 e. The molecule has 0 fully saturated rings. The molecule has 0 atom stereocenters. The van der Waals surface area contributed by atoms with Gasteiger partial charge in [-0.2, -0.15) is 0 Å². The van der Waals surface area contributed by atoms with Crippen LogP contribution < -0.4 is 0 Å². The van der Waals surface area contributed by atoms with Gasteiger partial charge in [-0.1, -0.05) is 27.0 Å². The second kappa shape index (κ2) is 13.1. The van der Waals surface area contributed by atoms with Gasteiger partial charge in [-0.25, -0.2) is 9.59 Å². The van der Waals surface area contributed by atoms with E-state index < -0.39 is 29.9 Å². The minimum atomic E-state index is -1.26. The highest BCUT2D eigenvalue weighted by atomic mass is 16.6. The van der Waals surface area contributed by atoms with E-state index in [4.69, 9.17) is 14.2 Å². The Labute approximate surface area is 154 Å². The van der Waals surface area contributed by atoms with Crippen LogP contribution in [0.2, 0.25) is 0 Å². The fourth-order valence-corrected chi connectivity index (χ4v) is 1.92. The SMILES string of the molecule is C=CC(=O)OCC(CO)(COC(=O)C=C)COC(=O)CCN(CC)CC. The Morgan fingerprint density at radius 1 is 0.962 bits per heavy atom. The van der Waals surface area contributed by atoms with Crippen molar-refractivity contribution in [3.63, 3.8) is 0 Å². The number of nitrogens with zero attached hydrogens (tertiary/aromatic N) is 1. The second-order valence-electron chi connectivity index (χ2n) is 5.72. The zero-order chi connectivity index (χ0) is 20.0. The van der Waals surface area contributed by atoms with E-state index in [0.717, 1.165) is 25.2 Å². The summed E-state index contributed by atoms with van der Waals surface area (Å²) in [6, 6.07) is 0. The molecule has 0 aliphatic heterocycles. The van der Waals surface area contributed by atoms with Gasteiger partial charge >= 0.3 is 17.9 Å². The normalized spacial score (nSPS) is 10.9. The van der Waals surface area contributed by atoms with Crippen molar-refractivity contribution < 1.29 is 33.7 Å². The molecule has 0 aliphatic rings. The van der Waals surface area contributed by atoms with E-state index in [-0.39, 0.29) is 26.2 Å². The van der Waals surface area contributed by atoms with Gasteiger partial charge in [-0.15, -0.1) is 0 Å². The van der Waals surface area contributed by atoms with E-state index in [1.54, 1.807) is 0 Å². The molecule has 8 nitrogen and oxygen atoms in total. The van der Waals surface area contributed by atoms with Crippen LogP contribution in [0.15, 0.2) is 25.3 Å². The summed E-state index contributed by atoms with van der Waals surface area (Å²) in [5, 5.41) is 9.72. The predicted octanol–water partition coefficient (Wildman–Crippen LogP) is 0.699. The molecule has 0 spiro atoms. The molecule has 0 aromatic carbocycles. The minimum absolute atomic E-state index is 0.183. The average molecular weight is 371 g/mol. The molecular weight excluding hydrogens is 342 g/mol. The number of ether oxygens (including phenoxy) is 3. The molecule has 0 saturated carbocycles. The third kappa shape index (κ3) is 9.33. The van der Waals surface area contributed by atoms with Gasteiger partial charge in [0.15, 0.2) is 0 Å². The Bertz CT molecular complexity index is 462. The zero-order valence-corrected chi connectivity index (χ0v) is 15.6. The number of hydrogen-bond donors (Lipinski definition) is 1. The average Bonchev–Trinajstić information content (AvgIpc) is 2.67. The molecule has 0 unspecified atom stereocenters. The van der Waals surface area contributed by atoms with Gasteiger partial charge in [-0.3, -0.25) is 4.79 Å². The number of rotatable bonds is 14. The van der Waals surface area contributed by atoms with Crippen LogP contribution in [0.3, 0.4) is 0 Å². The standard InChI is InChI=1S/C18H29NO7/c1-5-15(21)24-12-18(11-20,13-25-16(22)6-2)14-26-17(23)9-10-19(7-3)8-4/h5-6,20H,1-2,7-14H2,3-4H3. The minimum Gasteiger partial charge on any atom is -0.465 e. The van der Waals surface area contributed by atoms with Crippen LogP contribution in [-0.4, -0.2) is 74.0 Å². The molecule has 0 aliphatic carbocycles. The lowest BCUT2D eigenvalue weighted by Crippen LogP contribution is -2.42. The van der Waals surface area contributed by atoms with Crippen LogP contribution in [0.4, 0.5) is 0 Å². The molecule has 0 aromatic rings. The van der Waals surface area contributed by atoms with Crippen molar-refractivity contribution in [2.75, 3.05) is 46.1 Å². The van der Waals surface area contributed by atoms with Crippen molar-refractivity contribution in [3.05, 3.63) is 25.3 Å². The van der Waals surface area contributed by atoms with Crippen molar-refractivity contribution >= 4 is 17.9 Å². The van der Waals surface area contributed by atoms with E-state index in [2.05, 4.69) is 18.1 Å². The van der Waals surface area contributed by atoms with E-state index in [0.29, 0.717) is 6.54 Å². The maximum Gasteiger partial charge on any atom is 0.330 e. The van der Waals surface area contributed by atoms with Crippen molar-refractivity contribution in [2.24, 2.45) is 5.41 Å². The molecular formula is C18H29NO7. The van der Waals surface area contributed by atoms with Gasteiger partial charge in [0, 0.05) is 18.7 Å². The monoisotopic (exact) mass is 371 g/mol. The molecule has 0 heterocycles. The van der Waals surface area contributed by atoms with Crippen molar-refractivity contribution in [2.45, 2.75) is 20.3 Å². The number of hydrogen-bond acceptors (Lipinski definition) is 8. The van der Waals surface area contributed by atoms with Crippen molar-refractivity contribution in [1.29, 1.82) is 0 Å². The van der Waals surface area contributed by atoms with Crippen LogP contribution >= 0.6 is 0 Å². The van der Waals surface area contributed by atoms with Crippen LogP contribution in [0.25, 0.3) is 0 Å². The van der Waals surface area contributed by atoms with E-state index >= 15 is 0 Å². The lowest BCUT2D eigenvalue weighted by atomic mass is 9.92. The second-order valence-corrected chi connectivity index (χ2v) is 5.72. The lowest BCUT2D eigenvalue weighted by molar-refractivity contribution is -0.161. The van der Waals surface area contributed by atoms with Gasteiger partial charge in [-0.05, 0) is 13.1 Å². The van der Waals surface area contributed by atoms with E-state index in [9.17, 15) is 19.5 Å². The summed E-state index contributed by atoms with van der Waals surface area (Å²) in [7, 11) is 0. The van der Waals surface area contributed by atoms with Crippen molar-refractivity contribution in [3.8, 4) is 0 Å². The summed E-state index contributed by atoms with van der Waals surface area (Å²) in [6.45, 7) is 11.3. The van der Waals surface area contributed by atoms with Crippen LogP contribution in [-0.2, 0) is 28.6 Å². The fraction of sp³-hybridized carbons (Fsp3) is 0.611. The summed E-state index contributed by atoms with van der Waals surface area (Å²) in [5.74, 6) is -1.86. The molecule has 1 N–H and O–H groups in total. The molecule has 0 saturated heterocycles. The Balaban J connectivity index is 4.82. The first-order valence-corrected chi connectivity index (χ1v) is 8.43. The Morgan fingerprint density at radius 3 is 1.81 bits per heavy atom. The highest BCUT2D eigenvalue weighted by Crippen LogP contribution is 2.20. The summed E-state index contributed by atoms with van der Waals surface area (Å²) in [5.41, 5.74) is -1.26. The lowest BCUT2D eigenvalue weighted by Gasteiger charge is -2.30. The predicted molar refractivity (Wildman–Crippen MR) is 95.2 cm³/mol. The van der Waals surface area contributed by atoms with Gasteiger partial charge in [0.1, 0.15) is 19.8 Å². The molecule has 148 valence electrons. The largest absolute Gasteiger partial charge is 0.465 e. The number of carbonyl (C=O) groups is 3. The topological polar surface area (TPSA) is 102 Å². The Kier molecular flexibility index (Phi) is 12.0. The fourth-order valence-electron chi connectivity index (χ4n) is 1.92. The van der Waals surface area contributed by atoms with Crippen LogP contribution in [0, 0.1) is 5.41 Å². The molecule has 0 radical (unpaired) electrons. The Morgan fingerprint density at radius 2 is 1.42 bits per heavy atom. The van der Waals surface area contributed by atoms with Crippen molar-refractivity contribution in [1.82, 2.24) is 4.90 Å². The third-order valence-electron chi connectivity index (χ3n) is 3.78. The Hall–Kier alpha value is -2.19. The van der Waals surface area contributed by atoms with Gasteiger partial charge in [0.05, 0.1) is 18.4 Å². The van der Waals surface area contributed by atoms with Gasteiger partial charge in [0.2, 0.25) is 0 Å². The first-order chi connectivity index (χ1) is 12.4. The first-order valence-electron chi connectivity index (χ1n) is 8.43. The number of esters is 3. The molecule has 0 aromatic heterocycles. The highest BCUT2D eigenvalue weighted by molar-refractivity contribution is 5.81. The molecule has 26 heavy (non-hydrogen) atoms. The third-order valence-corrected chi connectivity index (χ3v) is 3.78. The quantitative estimate of drug-likeness (QED) is 0.270. The zero-order valence-electron chi connectivity index (χ0n) is 15.6. The maximum atomic E-state index is 12.0. The summed E-state index contributed by atoms with van der Waals surface area (Å²) >= 11 is 0. The van der Waals surface area contributed by atoms with E-state index in [1.807, 2.05) is 13.8 Å². The van der Waals surface area contributed by atoms with E-state index in [1.165, 1.54) is 0 Å².